The van der Waals surface area contributed by atoms with Crippen molar-refractivity contribution in [1.29, 1.82) is 0 Å². The van der Waals surface area contributed by atoms with E-state index in [1.165, 1.54) is 11.1 Å². The Morgan fingerprint density at radius 2 is 1.80 bits per heavy atom. The van der Waals surface area contributed by atoms with Crippen LogP contribution < -0.4 is 5.32 Å². The van der Waals surface area contributed by atoms with Crippen molar-refractivity contribution < 1.29 is 0 Å². The van der Waals surface area contributed by atoms with E-state index in [1.807, 2.05) is 7.05 Å². The summed E-state index contributed by atoms with van der Waals surface area (Å²) in [5.74, 6) is 0. The predicted molar refractivity (Wildman–Crippen MR) is 67.1 cm³/mol. The second-order valence-corrected chi connectivity index (χ2v) is 5.46. The molecule has 0 saturated carbocycles. The largest absolute Gasteiger partial charge is 0.313 e. The zero-order chi connectivity index (χ0) is 11.5. The van der Waals surface area contributed by atoms with Crippen molar-refractivity contribution in [2.75, 3.05) is 7.05 Å². The topological polar surface area (TPSA) is 12.0 Å². The van der Waals surface area contributed by atoms with E-state index in [-0.39, 0.29) is 0 Å². The van der Waals surface area contributed by atoms with Crippen LogP contribution in [0.15, 0.2) is 24.3 Å². The van der Waals surface area contributed by atoms with E-state index in [0.717, 1.165) is 6.42 Å². The van der Waals surface area contributed by atoms with Gasteiger partial charge >= 0.3 is 0 Å². The Morgan fingerprint density at radius 3 is 2.27 bits per heavy atom. The highest BCUT2D eigenvalue weighted by atomic mass is 14.9. The van der Waals surface area contributed by atoms with E-state index in [2.05, 4.69) is 57.3 Å². The molecular formula is C14H23N. The highest BCUT2D eigenvalue weighted by molar-refractivity contribution is 5.28. The number of rotatable bonds is 3. The average Bonchev–Trinajstić information content (AvgIpc) is 2.14. The molecule has 15 heavy (non-hydrogen) atoms. The maximum Gasteiger partial charge on any atom is 0.0325 e. The first-order valence-electron chi connectivity index (χ1n) is 5.67. The standard InChI is InChI=1S/C14H23N/c1-11-8-6-7-9-12(11)13(15-5)10-14(2,3)4/h6-9,13,15H,10H2,1-5H3. The first-order valence-corrected chi connectivity index (χ1v) is 5.67. The Hall–Kier alpha value is -0.820. The van der Waals surface area contributed by atoms with Gasteiger partial charge in [-0.2, -0.15) is 0 Å². The molecule has 0 spiro atoms. The molecule has 1 atom stereocenters. The Bertz CT molecular complexity index is 309. The Balaban J connectivity index is 2.88. The van der Waals surface area contributed by atoms with Gasteiger partial charge in [0, 0.05) is 6.04 Å². The monoisotopic (exact) mass is 205 g/mol. The van der Waals surface area contributed by atoms with Crippen molar-refractivity contribution in [3.63, 3.8) is 0 Å². The van der Waals surface area contributed by atoms with E-state index < -0.39 is 0 Å². The number of hydrogen-bond acceptors (Lipinski definition) is 1. The van der Waals surface area contributed by atoms with E-state index in [0.29, 0.717) is 11.5 Å². The molecule has 0 aromatic heterocycles. The van der Waals surface area contributed by atoms with Gasteiger partial charge in [-0.15, -0.1) is 0 Å². The van der Waals surface area contributed by atoms with Gasteiger partial charge in [0.2, 0.25) is 0 Å². The number of benzene rings is 1. The molecular weight excluding hydrogens is 182 g/mol. The van der Waals surface area contributed by atoms with Crippen LogP contribution in [0.3, 0.4) is 0 Å². The molecule has 1 aromatic carbocycles. The van der Waals surface area contributed by atoms with Gasteiger partial charge in [-0.3, -0.25) is 0 Å². The average molecular weight is 205 g/mol. The van der Waals surface area contributed by atoms with Crippen molar-refractivity contribution >= 4 is 0 Å². The summed E-state index contributed by atoms with van der Waals surface area (Å²) in [7, 11) is 2.04. The van der Waals surface area contributed by atoms with Gasteiger partial charge in [0.15, 0.2) is 0 Å². The van der Waals surface area contributed by atoms with Crippen LogP contribution in [0.4, 0.5) is 0 Å². The molecule has 0 fully saturated rings. The third kappa shape index (κ3) is 3.67. The van der Waals surface area contributed by atoms with Crippen molar-refractivity contribution in [2.24, 2.45) is 5.41 Å². The molecule has 0 saturated heterocycles. The minimum Gasteiger partial charge on any atom is -0.313 e. The molecule has 1 unspecified atom stereocenters. The van der Waals surface area contributed by atoms with E-state index in [9.17, 15) is 0 Å². The molecule has 0 heterocycles. The number of hydrogen-bond donors (Lipinski definition) is 1. The molecule has 1 heteroatoms. The minimum absolute atomic E-state index is 0.357. The van der Waals surface area contributed by atoms with Crippen molar-refractivity contribution in [1.82, 2.24) is 5.32 Å². The van der Waals surface area contributed by atoms with Crippen LogP contribution >= 0.6 is 0 Å². The summed E-state index contributed by atoms with van der Waals surface area (Å²) in [5.41, 5.74) is 3.16. The summed E-state index contributed by atoms with van der Waals surface area (Å²) < 4.78 is 0. The molecule has 0 aliphatic rings. The van der Waals surface area contributed by atoms with Crippen molar-refractivity contribution in [3.05, 3.63) is 35.4 Å². The van der Waals surface area contributed by atoms with Crippen LogP contribution in [0, 0.1) is 12.3 Å². The summed E-state index contributed by atoms with van der Waals surface area (Å²) in [6.07, 6.45) is 1.16. The lowest BCUT2D eigenvalue weighted by molar-refractivity contribution is 0.320. The van der Waals surface area contributed by atoms with Crippen LogP contribution in [0.5, 0.6) is 0 Å². The van der Waals surface area contributed by atoms with E-state index in [4.69, 9.17) is 0 Å². The van der Waals surface area contributed by atoms with Gasteiger partial charge in [0.1, 0.15) is 0 Å². The molecule has 0 bridgehead atoms. The minimum atomic E-state index is 0.357. The number of nitrogens with one attached hydrogen (secondary N) is 1. The van der Waals surface area contributed by atoms with E-state index >= 15 is 0 Å². The summed E-state index contributed by atoms with van der Waals surface area (Å²) in [6.45, 7) is 9.04. The predicted octanol–water partition coefficient (Wildman–Crippen LogP) is 3.69. The Morgan fingerprint density at radius 1 is 1.20 bits per heavy atom. The lowest BCUT2D eigenvalue weighted by atomic mass is 9.84. The maximum absolute atomic E-state index is 3.42. The summed E-state index contributed by atoms with van der Waals surface area (Å²) in [4.78, 5) is 0. The zero-order valence-electron chi connectivity index (χ0n) is 10.6. The fourth-order valence-corrected chi connectivity index (χ4v) is 1.96. The maximum atomic E-state index is 3.42. The first-order chi connectivity index (χ1) is 6.94. The molecule has 0 amide bonds. The lowest BCUT2D eigenvalue weighted by Gasteiger charge is -2.27. The van der Waals surface area contributed by atoms with Gasteiger partial charge in [-0.1, -0.05) is 45.0 Å². The fourth-order valence-electron chi connectivity index (χ4n) is 1.96. The summed E-state index contributed by atoms with van der Waals surface area (Å²) >= 11 is 0. The van der Waals surface area contributed by atoms with Crippen LogP contribution in [-0.4, -0.2) is 7.05 Å². The van der Waals surface area contributed by atoms with Crippen molar-refractivity contribution in [3.8, 4) is 0 Å². The molecule has 1 N–H and O–H groups in total. The Kier molecular flexibility index (Phi) is 3.92. The summed E-state index contributed by atoms with van der Waals surface area (Å²) in [5, 5.41) is 3.42. The van der Waals surface area contributed by atoms with Gasteiger partial charge in [-0.05, 0) is 36.9 Å². The molecule has 1 rings (SSSR count). The fraction of sp³-hybridized carbons (Fsp3) is 0.571. The van der Waals surface area contributed by atoms with Crippen LogP contribution in [0.2, 0.25) is 0 Å². The van der Waals surface area contributed by atoms with Crippen LogP contribution in [-0.2, 0) is 0 Å². The second kappa shape index (κ2) is 4.80. The SMILES string of the molecule is CNC(CC(C)(C)C)c1ccccc1C. The highest BCUT2D eigenvalue weighted by Crippen LogP contribution is 2.30. The van der Waals surface area contributed by atoms with E-state index in [1.54, 1.807) is 0 Å². The zero-order valence-corrected chi connectivity index (χ0v) is 10.6. The molecule has 1 aromatic rings. The van der Waals surface area contributed by atoms with Gasteiger partial charge in [-0.25, -0.2) is 0 Å². The van der Waals surface area contributed by atoms with Gasteiger partial charge in [0.25, 0.3) is 0 Å². The third-order valence-electron chi connectivity index (χ3n) is 2.73. The Labute approximate surface area is 93.9 Å². The summed E-state index contributed by atoms with van der Waals surface area (Å²) in [6, 6.07) is 9.09. The van der Waals surface area contributed by atoms with Crippen LogP contribution in [0.25, 0.3) is 0 Å². The highest BCUT2D eigenvalue weighted by Gasteiger charge is 2.19. The lowest BCUT2D eigenvalue weighted by Crippen LogP contribution is -2.23. The smallest absolute Gasteiger partial charge is 0.0325 e. The van der Waals surface area contributed by atoms with Gasteiger partial charge < -0.3 is 5.32 Å². The molecule has 84 valence electrons. The molecule has 0 radical (unpaired) electrons. The normalized spacial score (nSPS) is 13.9. The second-order valence-electron chi connectivity index (χ2n) is 5.46. The molecule has 0 aliphatic carbocycles. The van der Waals surface area contributed by atoms with Crippen LogP contribution in [0.1, 0.15) is 44.4 Å². The molecule has 1 nitrogen and oxygen atoms in total. The molecule has 0 aliphatic heterocycles. The number of aryl methyl sites for hydroxylation is 1. The first kappa shape index (κ1) is 12.3. The van der Waals surface area contributed by atoms with Gasteiger partial charge in [0.05, 0.1) is 0 Å². The quantitative estimate of drug-likeness (QED) is 0.793. The third-order valence-corrected chi connectivity index (χ3v) is 2.73. The van der Waals surface area contributed by atoms with Crippen molar-refractivity contribution in [2.45, 2.75) is 40.2 Å².